The fraction of sp³-hybridized carbons (Fsp3) is 0.0476. The van der Waals surface area contributed by atoms with Gasteiger partial charge < -0.3 is 14.5 Å². The summed E-state index contributed by atoms with van der Waals surface area (Å²) in [5.74, 6) is 0.670. The molecule has 0 unspecified atom stereocenters. The Labute approximate surface area is 170 Å². The summed E-state index contributed by atoms with van der Waals surface area (Å²) in [6.45, 7) is 0. The minimum atomic E-state index is -0.286. The van der Waals surface area contributed by atoms with Crippen LogP contribution in [-0.2, 0) is 0 Å². The number of nitrogens with zero attached hydrogens (tertiary/aromatic N) is 1. The Morgan fingerprint density at radius 2 is 1.93 bits per heavy atom. The van der Waals surface area contributed by atoms with Crippen LogP contribution in [0.2, 0.25) is 10.0 Å². The lowest BCUT2D eigenvalue weighted by atomic mass is 10.1. The summed E-state index contributed by atoms with van der Waals surface area (Å²) >= 11 is 12.1. The highest BCUT2D eigenvalue weighted by atomic mass is 35.5. The molecule has 0 spiro atoms. The van der Waals surface area contributed by atoms with Crippen LogP contribution >= 0.6 is 23.2 Å². The molecule has 1 amide bonds. The topological polar surface area (TPSA) is 64.4 Å². The van der Waals surface area contributed by atoms with Gasteiger partial charge in [-0.05, 0) is 54.6 Å². The maximum Gasteiger partial charge on any atom is 0.255 e. The molecule has 1 heterocycles. The van der Waals surface area contributed by atoms with Gasteiger partial charge in [0.1, 0.15) is 11.3 Å². The van der Waals surface area contributed by atoms with E-state index in [1.54, 1.807) is 48.5 Å². The lowest BCUT2D eigenvalue weighted by Crippen LogP contribution is -2.11. The van der Waals surface area contributed by atoms with Gasteiger partial charge in [-0.3, -0.25) is 4.79 Å². The van der Waals surface area contributed by atoms with Crippen molar-refractivity contribution < 1.29 is 13.9 Å². The van der Waals surface area contributed by atoms with Crippen LogP contribution in [0.5, 0.6) is 5.75 Å². The highest BCUT2D eigenvalue weighted by molar-refractivity contribution is 6.32. The molecule has 140 valence electrons. The van der Waals surface area contributed by atoms with Gasteiger partial charge in [-0.15, -0.1) is 0 Å². The molecule has 0 atom stereocenters. The van der Waals surface area contributed by atoms with Crippen molar-refractivity contribution in [3.05, 3.63) is 76.3 Å². The largest absolute Gasteiger partial charge is 0.495 e. The maximum atomic E-state index is 12.5. The molecule has 0 bridgehead atoms. The average molecular weight is 413 g/mol. The monoisotopic (exact) mass is 412 g/mol. The molecule has 7 heteroatoms. The number of carbonyl (C=O) groups is 1. The second-order valence-corrected chi connectivity index (χ2v) is 6.86. The average Bonchev–Trinajstić information content (AvgIpc) is 3.11. The van der Waals surface area contributed by atoms with Crippen molar-refractivity contribution in [2.45, 2.75) is 0 Å². The van der Waals surface area contributed by atoms with Gasteiger partial charge >= 0.3 is 0 Å². The number of nitrogens with one attached hydrogen (secondary N) is 1. The van der Waals surface area contributed by atoms with E-state index in [2.05, 4.69) is 10.3 Å². The summed E-state index contributed by atoms with van der Waals surface area (Å²) in [4.78, 5) is 17.0. The number of benzene rings is 3. The maximum absolute atomic E-state index is 12.5. The Morgan fingerprint density at radius 3 is 2.71 bits per heavy atom. The van der Waals surface area contributed by atoms with Crippen molar-refractivity contribution in [1.29, 1.82) is 0 Å². The summed E-state index contributed by atoms with van der Waals surface area (Å²) in [6.07, 6.45) is 0. The van der Waals surface area contributed by atoms with Crippen molar-refractivity contribution in [2.24, 2.45) is 0 Å². The number of ether oxygens (including phenoxy) is 1. The number of oxazole rings is 1. The fourth-order valence-electron chi connectivity index (χ4n) is 2.76. The van der Waals surface area contributed by atoms with Crippen LogP contribution in [0.15, 0.2) is 65.1 Å². The van der Waals surface area contributed by atoms with Gasteiger partial charge in [-0.2, -0.15) is 0 Å². The van der Waals surface area contributed by atoms with Gasteiger partial charge in [0.25, 0.3) is 5.91 Å². The quantitative estimate of drug-likeness (QED) is 0.442. The van der Waals surface area contributed by atoms with E-state index in [0.29, 0.717) is 44.0 Å². The molecule has 0 fully saturated rings. The van der Waals surface area contributed by atoms with Crippen molar-refractivity contribution in [3.8, 4) is 17.2 Å². The SMILES string of the molecule is COc1ccc(C(=O)Nc2cccc(-c3nc4cc(Cl)ccc4o3)c2)cc1Cl. The lowest BCUT2D eigenvalue weighted by molar-refractivity contribution is 0.102. The van der Waals surface area contributed by atoms with Crippen molar-refractivity contribution in [1.82, 2.24) is 4.98 Å². The zero-order valence-corrected chi connectivity index (χ0v) is 16.2. The Kier molecular flexibility index (Phi) is 4.94. The minimum absolute atomic E-state index is 0.286. The molecule has 0 saturated heterocycles. The number of anilines is 1. The van der Waals surface area contributed by atoms with Crippen molar-refractivity contribution in [2.75, 3.05) is 12.4 Å². The smallest absolute Gasteiger partial charge is 0.255 e. The lowest BCUT2D eigenvalue weighted by Gasteiger charge is -2.08. The summed E-state index contributed by atoms with van der Waals surface area (Å²) in [6, 6.07) is 17.3. The molecular formula is C21H14Cl2N2O3. The molecule has 0 aliphatic rings. The molecule has 3 aromatic carbocycles. The number of amides is 1. The molecule has 1 aromatic heterocycles. The van der Waals surface area contributed by atoms with Crippen LogP contribution in [0, 0.1) is 0 Å². The number of rotatable bonds is 4. The first kappa shape index (κ1) is 18.3. The first-order chi connectivity index (χ1) is 13.5. The zero-order valence-electron chi connectivity index (χ0n) is 14.7. The van der Waals surface area contributed by atoms with Crippen LogP contribution in [0.4, 0.5) is 5.69 Å². The summed E-state index contributed by atoms with van der Waals surface area (Å²) in [7, 11) is 1.52. The van der Waals surface area contributed by atoms with E-state index < -0.39 is 0 Å². The van der Waals surface area contributed by atoms with E-state index in [4.69, 9.17) is 32.4 Å². The van der Waals surface area contributed by atoms with E-state index in [9.17, 15) is 4.79 Å². The van der Waals surface area contributed by atoms with E-state index in [0.717, 1.165) is 5.56 Å². The predicted octanol–water partition coefficient (Wildman–Crippen LogP) is 6.06. The molecule has 5 nitrogen and oxygen atoms in total. The highest BCUT2D eigenvalue weighted by Gasteiger charge is 2.12. The van der Waals surface area contributed by atoms with Gasteiger partial charge in [0.2, 0.25) is 5.89 Å². The first-order valence-corrected chi connectivity index (χ1v) is 9.10. The van der Waals surface area contributed by atoms with Crippen LogP contribution in [0.25, 0.3) is 22.6 Å². The molecular weight excluding hydrogens is 399 g/mol. The van der Waals surface area contributed by atoms with E-state index in [1.165, 1.54) is 7.11 Å². The van der Waals surface area contributed by atoms with Crippen LogP contribution in [0.1, 0.15) is 10.4 Å². The Morgan fingerprint density at radius 1 is 1.07 bits per heavy atom. The van der Waals surface area contributed by atoms with Gasteiger partial charge in [0.05, 0.1) is 12.1 Å². The Bertz CT molecular complexity index is 1190. The number of halogens is 2. The van der Waals surface area contributed by atoms with E-state index in [-0.39, 0.29) is 5.91 Å². The highest BCUT2D eigenvalue weighted by Crippen LogP contribution is 2.28. The van der Waals surface area contributed by atoms with Crippen LogP contribution in [0.3, 0.4) is 0 Å². The number of methoxy groups -OCH3 is 1. The minimum Gasteiger partial charge on any atom is -0.495 e. The second kappa shape index (κ2) is 7.54. The summed E-state index contributed by atoms with van der Waals surface area (Å²) in [5.41, 5.74) is 3.08. The third-order valence-electron chi connectivity index (χ3n) is 4.13. The molecule has 0 aliphatic heterocycles. The number of hydrogen-bond acceptors (Lipinski definition) is 4. The normalized spacial score (nSPS) is 10.8. The number of fused-ring (bicyclic) bond motifs is 1. The third kappa shape index (κ3) is 3.67. The van der Waals surface area contributed by atoms with Crippen LogP contribution in [-0.4, -0.2) is 18.0 Å². The van der Waals surface area contributed by atoms with E-state index >= 15 is 0 Å². The van der Waals surface area contributed by atoms with Crippen molar-refractivity contribution >= 4 is 45.9 Å². The first-order valence-electron chi connectivity index (χ1n) is 8.35. The zero-order chi connectivity index (χ0) is 19.7. The van der Waals surface area contributed by atoms with Gasteiger partial charge in [-0.25, -0.2) is 4.98 Å². The second-order valence-electron chi connectivity index (χ2n) is 6.02. The number of aromatic nitrogens is 1. The summed E-state index contributed by atoms with van der Waals surface area (Å²) < 4.78 is 10.9. The molecule has 4 aromatic rings. The fourth-order valence-corrected chi connectivity index (χ4v) is 3.19. The third-order valence-corrected chi connectivity index (χ3v) is 4.66. The van der Waals surface area contributed by atoms with Gasteiger partial charge in [0.15, 0.2) is 5.58 Å². The molecule has 4 rings (SSSR count). The van der Waals surface area contributed by atoms with Crippen molar-refractivity contribution in [3.63, 3.8) is 0 Å². The van der Waals surface area contributed by atoms with E-state index in [1.807, 2.05) is 12.1 Å². The number of carbonyl (C=O) groups excluding carboxylic acids is 1. The van der Waals surface area contributed by atoms with Crippen LogP contribution < -0.4 is 10.1 Å². The molecule has 28 heavy (non-hydrogen) atoms. The van der Waals surface area contributed by atoms with Gasteiger partial charge in [-0.1, -0.05) is 29.3 Å². The summed E-state index contributed by atoms with van der Waals surface area (Å²) in [5, 5.41) is 3.81. The molecule has 0 aliphatic carbocycles. The van der Waals surface area contributed by atoms with Gasteiger partial charge in [0, 0.05) is 21.8 Å². The Balaban J connectivity index is 1.59. The molecule has 0 radical (unpaired) electrons. The Hall–Kier alpha value is -3.02. The number of hydrogen-bond donors (Lipinski definition) is 1. The predicted molar refractivity (Wildman–Crippen MR) is 110 cm³/mol. The molecule has 1 N–H and O–H groups in total. The standard InChI is InChI=1S/C21H14Cl2N2O3/c1-27-18-7-5-12(10-16(18)23)20(26)24-15-4-2-3-13(9-15)21-25-17-11-14(22)6-8-19(17)28-21/h2-11H,1H3,(H,24,26). The molecule has 0 saturated carbocycles.